The third-order valence-electron chi connectivity index (χ3n) is 7.14. The Labute approximate surface area is 221 Å². The normalized spacial score (nSPS) is 14.3. The van der Waals surface area contributed by atoms with Crippen molar-refractivity contribution in [3.8, 4) is 28.3 Å². The highest BCUT2D eigenvalue weighted by atomic mass is 19.4. The van der Waals surface area contributed by atoms with Crippen molar-refractivity contribution < 1.29 is 17.9 Å². The summed E-state index contributed by atoms with van der Waals surface area (Å²) in [5.41, 5.74) is 2.79. The molecule has 0 spiro atoms. The van der Waals surface area contributed by atoms with Gasteiger partial charge in [0.25, 0.3) is 0 Å². The molecule has 6 rings (SSSR count). The number of hydrogen-bond donors (Lipinski definition) is 2. The number of methoxy groups -OCH3 is 1. The van der Waals surface area contributed by atoms with Crippen molar-refractivity contribution in [1.82, 2.24) is 24.8 Å². The van der Waals surface area contributed by atoms with Crippen LogP contribution in [-0.4, -0.2) is 52.8 Å². The molecule has 5 aromatic rings. The first-order valence-corrected chi connectivity index (χ1v) is 12.4. The number of nitrogens with one attached hydrogen (secondary N) is 2. The summed E-state index contributed by atoms with van der Waals surface area (Å²) in [5.74, 6) is 0.488. The quantitative estimate of drug-likeness (QED) is 0.351. The van der Waals surface area contributed by atoms with E-state index < -0.39 is 11.7 Å². The van der Waals surface area contributed by atoms with Crippen LogP contribution in [0.3, 0.4) is 0 Å². The summed E-state index contributed by atoms with van der Waals surface area (Å²) in [6.45, 7) is 2.20. The third kappa shape index (κ3) is 4.38. The van der Waals surface area contributed by atoms with E-state index in [1.807, 2.05) is 18.2 Å². The van der Waals surface area contributed by atoms with Crippen molar-refractivity contribution >= 4 is 27.6 Å². The summed E-state index contributed by atoms with van der Waals surface area (Å²) in [5, 5.41) is 3.84. The summed E-state index contributed by atoms with van der Waals surface area (Å²) in [6.07, 6.45) is -2.87. The number of aryl methyl sites for hydroxylation is 1. The minimum Gasteiger partial charge on any atom is -0.481 e. The molecule has 1 saturated heterocycles. The number of anilines is 1. The van der Waals surface area contributed by atoms with Gasteiger partial charge in [-0.15, -0.1) is 0 Å². The van der Waals surface area contributed by atoms with Crippen molar-refractivity contribution in [1.29, 1.82) is 0 Å². The standard InChI is InChI=1S/C28H25F3N6O2/c1-36-26-24(17-4-7-22(20(14-17)28(29,30)31)37-11-9-32-10-12-37)34-21-6-3-16(13-19(21)25(26)35-27(36)38)18-5-8-23(39-2)33-15-18/h3-8,13-15,32H,9-12H2,1-2H3,(H,35,38). The second-order valence-corrected chi connectivity index (χ2v) is 9.46. The van der Waals surface area contributed by atoms with Gasteiger partial charge in [-0.1, -0.05) is 12.1 Å². The molecule has 1 aliphatic rings. The maximum Gasteiger partial charge on any atom is 0.418 e. The molecular formula is C28H25F3N6O2. The average molecular weight is 535 g/mol. The van der Waals surface area contributed by atoms with Gasteiger partial charge in [0.1, 0.15) is 0 Å². The van der Waals surface area contributed by atoms with Gasteiger partial charge in [-0.05, 0) is 35.9 Å². The van der Waals surface area contributed by atoms with E-state index in [0.717, 1.165) is 17.2 Å². The second kappa shape index (κ2) is 9.42. The van der Waals surface area contributed by atoms with Crippen molar-refractivity contribution in [3.05, 3.63) is 70.8 Å². The predicted molar refractivity (Wildman–Crippen MR) is 144 cm³/mol. The minimum absolute atomic E-state index is 0.144. The lowest BCUT2D eigenvalue weighted by molar-refractivity contribution is -0.137. The number of aromatic nitrogens is 4. The fraction of sp³-hybridized carbons (Fsp3) is 0.250. The highest BCUT2D eigenvalue weighted by Gasteiger charge is 2.36. The molecule has 3 aromatic heterocycles. The molecule has 2 N–H and O–H groups in total. The number of aromatic amines is 1. The number of nitrogens with zero attached hydrogens (tertiary/aromatic N) is 4. The van der Waals surface area contributed by atoms with Gasteiger partial charge in [-0.3, -0.25) is 4.57 Å². The maximum atomic E-state index is 14.3. The minimum atomic E-state index is -4.56. The number of pyridine rings is 2. The number of halogens is 3. The van der Waals surface area contributed by atoms with Crippen molar-refractivity contribution in [2.24, 2.45) is 7.05 Å². The van der Waals surface area contributed by atoms with Crippen LogP contribution in [0.1, 0.15) is 5.56 Å². The number of benzene rings is 2. The lowest BCUT2D eigenvalue weighted by atomic mass is 10.00. The van der Waals surface area contributed by atoms with Crippen LogP contribution in [0.4, 0.5) is 18.9 Å². The molecule has 0 saturated carbocycles. The van der Waals surface area contributed by atoms with Gasteiger partial charge in [0.2, 0.25) is 5.88 Å². The van der Waals surface area contributed by atoms with Gasteiger partial charge in [0, 0.05) is 67.7 Å². The van der Waals surface area contributed by atoms with E-state index in [1.54, 1.807) is 43.5 Å². The number of alkyl halides is 3. The van der Waals surface area contributed by atoms with Gasteiger partial charge >= 0.3 is 11.9 Å². The Hall–Kier alpha value is -4.38. The predicted octanol–water partition coefficient (Wildman–Crippen LogP) is 4.58. The molecule has 1 fully saturated rings. The molecule has 0 amide bonds. The summed E-state index contributed by atoms with van der Waals surface area (Å²) < 4.78 is 49.3. The number of piperazine rings is 1. The summed E-state index contributed by atoms with van der Waals surface area (Å²) in [7, 11) is 3.12. The lowest BCUT2D eigenvalue weighted by Gasteiger charge is -2.31. The van der Waals surface area contributed by atoms with E-state index in [1.165, 1.54) is 10.6 Å². The summed E-state index contributed by atoms with van der Waals surface area (Å²) in [6, 6.07) is 13.5. The third-order valence-corrected chi connectivity index (χ3v) is 7.14. The molecule has 8 nitrogen and oxygen atoms in total. The molecule has 1 aliphatic heterocycles. The van der Waals surface area contributed by atoms with Crippen LogP contribution in [0.2, 0.25) is 0 Å². The van der Waals surface area contributed by atoms with Crippen LogP contribution in [0, 0.1) is 0 Å². The van der Waals surface area contributed by atoms with Crippen molar-refractivity contribution in [3.63, 3.8) is 0 Å². The smallest absolute Gasteiger partial charge is 0.418 e. The average Bonchev–Trinajstić information content (AvgIpc) is 3.26. The molecular weight excluding hydrogens is 509 g/mol. The summed E-state index contributed by atoms with van der Waals surface area (Å²) in [4.78, 5) is 26.4. The van der Waals surface area contributed by atoms with Gasteiger partial charge in [-0.2, -0.15) is 13.2 Å². The van der Waals surface area contributed by atoms with E-state index in [0.29, 0.717) is 59.7 Å². The number of rotatable bonds is 4. The number of imidazole rings is 1. The fourth-order valence-corrected chi connectivity index (χ4v) is 5.14. The van der Waals surface area contributed by atoms with E-state index in [-0.39, 0.29) is 16.9 Å². The van der Waals surface area contributed by atoms with Crippen LogP contribution in [0.5, 0.6) is 5.88 Å². The molecule has 4 heterocycles. The Morgan fingerprint density at radius 2 is 1.72 bits per heavy atom. The van der Waals surface area contributed by atoms with Gasteiger partial charge in [0.15, 0.2) is 0 Å². The van der Waals surface area contributed by atoms with Crippen LogP contribution in [0.25, 0.3) is 44.3 Å². The molecule has 0 bridgehead atoms. The molecule has 200 valence electrons. The zero-order valence-electron chi connectivity index (χ0n) is 21.3. The van der Waals surface area contributed by atoms with Crippen LogP contribution < -0.4 is 20.6 Å². The Kier molecular flexibility index (Phi) is 6.02. The molecule has 0 unspecified atom stereocenters. The lowest BCUT2D eigenvalue weighted by Crippen LogP contribution is -2.44. The zero-order chi connectivity index (χ0) is 27.3. The van der Waals surface area contributed by atoms with E-state index in [9.17, 15) is 18.0 Å². The topological polar surface area (TPSA) is 88.1 Å². The summed E-state index contributed by atoms with van der Waals surface area (Å²) >= 11 is 0. The Morgan fingerprint density at radius 1 is 0.974 bits per heavy atom. The SMILES string of the molecule is COc1ccc(-c2ccc3nc(-c4ccc(N5CCNCC5)c(C(F)(F)F)c4)c4c([nH]c(=O)n4C)c3c2)cn1. The maximum absolute atomic E-state index is 14.3. The number of H-pyrrole nitrogens is 1. The Bertz CT molecular complexity index is 1750. The number of ether oxygens (including phenoxy) is 1. The number of fused-ring (bicyclic) bond motifs is 3. The highest BCUT2D eigenvalue weighted by molar-refractivity contribution is 6.08. The second-order valence-electron chi connectivity index (χ2n) is 9.46. The van der Waals surface area contributed by atoms with Crippen molar-refractivity contribution in [2.45, 2.75) is 6.18 Å². The van der Waals surface area contributed by atoms with Crippen LogP contribution >= 0.6 is 0 Å². The molecule has 0 atom stereocenters. The molecule has 0 aliphatic carbocycles. The fourth-order valence-electron chi connectivity index (χ4n) is 5.14. The first-order chi connectivity index (χ1) is 18.7. The molecule has 39 heavy (non-hydrogen) atoms. The van der Waals surface area contributed by atoms with Gasteiger partial charge in [-0.25, -0.2) is 14.8 Å². The van der Waals surface area contributed by atoms with E-state index in [2.05, 4.69) is 15.3 Å². The van der Waals surface area contributed by atoms with Gasteiger partial charge in [0.05, 0.1) is 34.9 Å². The molecule has 11 heteroatoms. The first-order valence-electron chi connectivity index (χ1n) is 12.4. The molecule has 2 aromatic carbocycles. The van der Waals surface area contributed by atoms with Crippen molar-refractivity contribution in [2.75, 3.05) is 38.2 Å². The number of hydrogen-bond acceptors (Lipinski definition) is 6. The largest absolute Gasteiger partial charge is 0.481 e. The highest BCUT2D eigenvalue weighted by Crippen LogP contribution is 2.41. The van der Waals surface area contributed by atoms with Gasteiger partial charge < -0.3 is 19.9 Å². The zero-order valence-corrected chi connectivity index (χ0v) is 21.3. The Balaban J connectivity index is 1.54. The first kappa shape index (κ1) is 24.9. The monoisotopic (exact) mass is 534 g/mol. The molecule has 0 radical (unpaired) electrons. The van der Waals surface area contributed by atoms with Crippen LogP contribution in [-0.2, 0) is 13.2 Å². The van der Waals surface area contributed by atoms with E-state index in [4.69, 9.17) is 9.72 Å². The Morgan fingerprint density at radius 3 is 2.41 bits per heavy atom. The van der Waals surface area contributed by atoms with E-state index >= 15 is 0 Å². The van der Waals surface area contributed by atoms with Crippen LogP contribution in [0.15, 0.2) is 59.5 Å².